The zero-order valence-corrected chi connectivity index (χ0v) is 12.0. The van der Waals surface area contributed by atoms with E-state index in [0.717, 1.165) is 31.8 Å². The molecule has 2 unspecified atom stereocenters. The van der Waals surface area contributed by atoms with Gasteiger partial charge in [-0.15, -0.1) is 0 Å². The van der Waals surface area contributed by atoms with Gasteiger partial charge in [-0.1, -0.05) is 6.92 Å². The van der Waals surface area contributed by atoms with E-state index in [1.807, 2.05) is 25.7 Å². The van der Waals surface area contributed by atoms with Gasteiger partial charge in [-0.3, -0.25) is 0 Å². The van der Waals surface area contributed by atoms with Crippen molar-refractivity contribution in [2.24, 2.45) is 23.5 Å². The molecule has 1 amide bonds. The lowest BCUT2D eigenvalue weighted by atomic mass is 9.70. The summed E-state index contributed by atoms with van der Waals surface area (Å²) >= 11 is 0. The molecule has 2 bridgehead atoms. The number of carbonyl (C=O) groups is 1. The fourth-order valence-corrected chi connectivity index (χ4v) is 3.34. The van der Waals surface area contributed by atoms with E-state index in [4.69, 9.17) is 10.5 Å². The second-order valence-electron chi connectivity index (χ2n) is 7.06. The van der Waals surface area contributed by atoms with Gasteiger partial charge >= 0.3 is 6.09 Å². The molecule has 18 heavy (non-hydrogen) atoms. The molecule has 1 saturated carbocycles. The number of piperidine rings is 1. The third-order valence-corrected chi connectivity index (χ3v) is 4.06. The predicted octanol–water partition coefficient (Wildman–Crippen LogP) is 2.23. The van der Waals surface area contributed by atoms with Crippen molar-refractivity contribution in [1.29, 1.82) is 0 Å². The second kappa shape index (κ2) is 4.72. The average molecular weight is 254 g/mol. The highest BCUT2D eigenvalue weighted by Crippen LogP contribution is 2.37. The molecule has 0 aromatic heterocycles. The van der Waals surface area contributed by atoms with Gasteiger partial charge in [0.2, 0.25) is 0 Å². The van der Waals surface area contributed by atoms with Crippen LogP contribution in [0.15, 0.2) is 0 Å². The van der Waals surface area contributed by atoms with Gasteiger partial charge in [0.25, 0.3) is 0 Å². The molecule has 1 aliphatic carbocycles. The van der Waals surface area contributed by atoms with Crippen LogP contribution in [0.4, 0.5) is 4.79 Å². The van der Waals surface area contributed by atoms with Gasteiger partial charge in [0.15, 0.2) is 0 Å². The number of carbonyl (C=O) groups excluding carboxylic acids is 1. The Labute approximate surface area is 110 Å². The van der Waals surface area contributed by atoms with E-state index in [1.54, 1.807) is 0 Å². The van der Waals surface area contributed by atoms with Gasteiger partial charge < -0.3 is 15.4 Å². The third-order valence-electron chi connectivity index (χ3n) is 4.06. The number of amides is 1. The SMILES string of the molecule is CC1CC2CN(C(=O)OC(C)(C)C)CC(C1)C2N. The summed E-state index contributed by atoms with van der Waals surface area (Å²) in [4.78, 5) is 14.0. The highest BCUT2D eigenvalue weighted by atomic mass is 16.6. The molecular formula is C14H26N2O2. The number of rotatable bonds is 0. The van der Waals surface area contributed by atoms with E-state index in [-0.39, 0.29) is 12.1 Å². The molecule has 2 atom stereocenters. The Morgan fingerprint density at radius 2 is 1.72 bits per heavy atom. The van der Waals surface area contributed by atoms with Crippen molar-refractivity contribution in [2.45, 2.75) is 52.2 Å². The first-order valence-corrected chi connectivity index (χ1v) is 7.00. The Kier molecular flexibility index (Phi) is 3.58. The van der Waals surface area contributed by atoms with E-state index in [2.05, 4.69) is 6.92 Å². The summed E-state index contributed by atoms with van der Waals surface area (Å²) in [6, 6.07) is 0.264. The fraction of sp³-hybridized carbons (Fsp3) is 0.929. The molecule has 2 fully saturated rings. The smallest absolute Gasteiger partial charge is 0.410 e. The summed E-state index contributed by atoms with van der Waals surface area (Å²) in [6.07, 6.45) is 2.09. The van der Waals surface area contributed by atoms with E-state index in [9.17, 15) is 4.79 Å². The number of fused-ring (bicyclic) bond motifs is 2. The third kappa shape index (κ3) is 2.97. The molecule has 2 rings (SSSR count). The normalized spacial score (nSPS) is 36.4. The molecule has 0 radical (unpaired) electrons. The minimum absolute atomic E-state index is 0.182. The van der Waals surface area contributed by atoms with Crippen molar-refractivity contribution in [1.82, 2.24) is 4.90 Å². The van der Waals surface area contributed by atoms with Crippen LogP contribution < -0.4 is 5.73 Å². The molecule has 2 aliphatic rings. The van der Waals surface area contributed by atoms with Crippen molar-refractivity contribution < 1.29 is 9.53 Å². The van der Waals surface area contributed by atoms with Crippen LogP contribution in [0.25, 0.3) is 0 Å². The van der Waals surface area contributed by atoms with Crippen molar-refractivity contribution in [3.63, 3.8) is 0 Å². The molecule has 1 aliphatic heterocycles. The Morgan fingerprint density at radius 1 is 1.22 bits per heavy atom. The maximum atomic E-state index is 12.1. The first-order valence-electron chi connectivity index (χ1n) is 7.00. The molecular weight excluding hydrogens is 228 g/mol. The van der Waals surface area contributed by atoms with E-state index in [0.29, 0.717) is 11.8 Å². The lowest BCUT2D eigenvalue weighted by Crippen LogP contribution is -2.58. The predicted molar refractivity (Wildman–Crippen MR) is 71.2 cm³/mol. The Hall–Kier alpha value is -0.770. The van der Waals surface area contributed by atoms with Crippen LogP contribution in [-0.2, 0) is 4.74 Å². The monoisotopic (exact) mass is 254 g/mol. The molecule has 104 valence electrons. The number of hydrogen-bond donors (Lipinski definition) is 1. The van der Waals surface area contributed by atoms with Crippen LogP contribution in [0.2, 0.25) is 0 Å². The van der Waals surface area contributed by atoms with Gasteiger partial charge in [0.1, 0.15) is 5.60 Å². The van der Waals surface area contributed by atoms with Crippen molar-refractivity contribution in [3.8, 4) is 0 Å². The van der Waals surface area contributed by atoms with Gasteiger partial charge in [0.05, 0.1) is 0 Å². The maximum absolute atomic E-state index is 12.1. The van der Waals surface area contributed by atoms with Crippen LogP contribution >= 0.6 is 0 Å². The van der Waals surface area contributed by atoms with Crippen LogP contribution in [-0.4, -0.2) is 35.7 Å². The largest absolute Gasteiger partial charge is 0.444 e. The number of hydrogen-bond acceptors (Lipinski definition) is 3. The van der Waals surface area contributed by atoms with E-state index in [1.165, 1.54) is 0 Å². The lowest BCUT2D eigenvalue weighted by molar-refractivity contribution is -0.00768. The van der Waals surface area contributed by atoms with Crippen LogP contribution in [0.5, 0.6) is 0 Å². The molecule has 0 spiro atoms. The number of likely N-dealkylation sites (tertiary alicyclic amines) is 1. The fourth-order valence-electron chi connectivity index (χ4n) is 3.34. The average Bonchev–Trinajstić information content (AvgIpc) is 2.17. The summed E-state index contributed by atoms with van der Waals surface area (Å²) in [5, 5.41) is 0. The van der Waals surface area contributed by atoms with Crippen LogP contribution in [0, 0.1) is 17.8 Å². The Bertz CT molecular complexity index is 308. The number of nitrogens with zero attached hydrogens (tertiary/aromatic N) is 1. The molecule has 0 aromatic rings. The van der Waals surface area contributed by atoms with Crippen molar-refractivity contribution in [3.05, 3.63) is 0 Å². The zero-order chi connectivity index (χ0) is 13.5. The first-order chi connectivity index (χ1) is 8.26. The maximum Gasteiger partial charge on any atom is 0.410 e. The summed E-state index contributed by atoms with van der Waals surface area (Å²) in [7, 11) is 0. The Balaban J connectivity index is 2.00. The standard InChI is InChI=1S/C14H26N2O2/c1-9-5-10-7-16(8-11(6-9)12(10)15)13(17)18-14(2,3)4/h9-12H,5-8,15H2,1-4H3. The minimum atomic E-state index is -0.418. The highest BCUT2D eigenvalue weighted by molar-refractivity contribution is 5.68. The van der Waals surface area contributed by atoms with E-state index < -0.39 is 5.60 Å². The summed E-state index contributed by atoms with van der Waals surface area (Å²) in [6.45, 7) is 9.53. The molecule has 4 nitrogen and oxygen atoms in total. The number of nitrogens with two attached hydrogens (primary N) is 1. The van der Waals surface area contributed by atoms with Crippen LogP contribution in [0.1, 0.15) is 40.5 Å². The summed E-state index contributed by atoms with van der Waals surface area (Å²) in [5.41, 5.74) is 5.84. The van der Waals surface area contributed by atoms with Crippen molar-refractivity contribution >= 4 is 6.09 Å². The zero-order valence-electron chi connectivity index (χ0n) is 12.0. The summed E-state index contributed by atoms with van der Waals surface area (Å²) < 4.78 is 5.45. The quantitative estimate of drug-likeness (QED) is 0.721. The lowest BCUT2D eigenvalue weighted by Gasteiger charge is -2.47. The van der Waals surface area contributed by atoms with Gasteiger partial charge in [-0.05, 0) is 51.4 Å². The first kappa shape index (κ1) is 13.7. The molecule has 0 aromatic carbocycles. The molecule has 1 heterocycles. The van der Waals surface area contributed by atoms with Crippen molar-refractivity contribution in [2.75, 3.05) is 13.1 Å². The molecule has 1 saturated heterocycles. The summed E-state index contributed by atoms with van der Waals surface area (Å²) in [5.74, 6) is 1.63. The molecule has 2 N–H and O–H groups in total. The van der Waals surface area contributed by atoms with Crippen LogP contribution in [0.3, 0.4) is 0 Å². The topological polar surface area (TPSA) is 55.6 Å². The Morgan fingerprint density at radius 3 is 2.17 bits per heavy atom. The number of ether oxygens (including phenoxy) is 1. The highest BCUT2D eigenvalue weighted by Gasteiger charge is 2.42. The van der Waals surface area contributed by atoms with Gasteiger partial charge in [-0.25, -0.2) is 4.79 Å². The minimum Gasteiger partial charge on any atom is -0.444 e. The van der Waals surface area contributed by atoms with Gasteiger partial charge in [-0.2, -0.15) is 0 Å². The second-order valence-corrected chi connectivity index (χ2v) is 7.06. The molecule has 4 heteroatoms. The van der Waals surface area contributed by atoms with E-state index >= 15 is 0 Å². The van der Waals surface area contributed by atoms with Gasteiger partial charge in [0, 0.05) is 19.1 Å².